The van der Waals surface area contributed by atoms with Crippen LogP contribution in [0, 0.1) is 5.82 Å². The zero-order valence-electron chi connectivity index (χ0n) is 9.44. The summed E-state index contributed by atoms with van der Waals surface area (Å²) < 4.78 is 13.3. The summed E-state index contributed by atoms with van der Waals surface area (Å²) in [5.41, 5.74) is 0.117. The van der Waals surface area contributed by atoms with Gasteiger partial charge in [0, 0.05) is 22.4 Å². The maximum atomic E-state index is 13.3. The monoisotopic (exact) mass is 249 g/mol. The maximum absolute atomic E-state index is 13.3. The van der Waals surface area contributed by atoms with Gasteiger partial charge in [-0.25, -0.2) is 4.39 Å². The zero-order chi connectivity index (χ0) is 12.3. The fourth-order valence-electron chi connectivity index (χ4n) is 1.56. The third kappa shape index (κ3) is 2.77. The molecule has 2 rings (SSSR count). The molecule has 0 fully saturated rings. The van der Waals surface area contributed by atoms with Crippen molar-refractivity contribution in [3.05, 3.63) is 51.7 Å². The number of hydrogen-bond acceptors (Lipinski definition) is 3. The molecule has 0 bridgehead atoms. The highest BCUT2D eigenvalue weighted by Gasteiger charge is 2.13. The Balaban J connectivity index is 2.14. The Hall–Kier alpha value is -1.55. The summed E-state index contributed by atoms with van der Waals surface area (Å²) in [5.74, 6) is -0.751. The lowest BCUT2D eigenvalue weighted by atomic mass is 10.1. The molecule has 0 saturated heterocycles. The molecule has 17 heavy (non-hydrogen) atoms. The first-order valence-electron chi connectivity index (χ1n) is 5.41. The van der Waals surface area contributed by atoms with E-state index in [-0.39, 0.29) is 17.8 Å². The molecular weight excluding hydrogens is 237 g/mol. The van der Waals surface area contributed by atoms with Crippen LogP contribution in [0.5, 0.6) is 0 Å². The van der Waals surface area contributed by atoms with Gasteiger partial charge in [0.1, 0.15) is 0 Å². The Morgan fingerprint density at radius 1 is 1.35 bits per heavy atom. The number of thiophene rings is 1. The van der Waals surface area contributed by atoms with Gasteiger partial charge in [0.15, 0.2) is 11.6 Å². The van der Waals surface area contributed by atoms with Crippen molar-refractivity contribution in [2.24, 2.45) is 0 Å². The van der Waals surface area contributed by atoms with Crippen molar-refractivity contribution >= 4 is 17.1 Å². The molecule has 2 aromatic rings. The molecular formula is C13H12FNOS. The number of rotatable bonds is 4. The molecule has 0 atom stereocenters. The molecule has 2 aromatic heterocycles. The Labute approximate surface area is 103 Å². The molecule has 88 valence electrons. The van der Waals surface area contributed by atoms with Crippen LogP contribution in [0.25, 0.3) is 0 Å². The van der Waals surface area contributed by atoms with E-state index in [1.54, 1.807) is 11.3 Å². The second-order valence-corrected chi connectivity index (χ2v) is 4.93. The number of pyridine rings is 1. The summed E-state index contributed by atoms with van der Waals surface area (Å²) in [7, 11) is 0. The quantitative estimate of drug-likeness (QED) is 0.778. The van der Waals surface area contributed by atoms with E-state index in [0.29, 0.717) is 0 Å². The SMILES string of the molecule is CCc1ccc(CC(=O)c2ccncc2F)s1. The normalized spacial score (nSPS) is 10.5. The second kappa shape index (κ2) is 5.19. The molecule has 0 aliphatic rings. The van der Waals surface area contributed by atoms with Gasteiger partial charge in [-0.3, -0.25) is 9.78 Å². The van der Waals surface area contributed by atoms with Crippen LogP contribution in [0.2, 0.25) is 0 Å². The summed E-state index contributed by atoms with van der Waals surface area (Å²) in [5, 5.41) is 0. The minimum Gasteiger partial charge on any atom is -0.294 e. The summed E-state index contributed by atoms with van der Waals surface area (Å²) >= 11 is 1.60. The number of nitrogens with zero attached hydrogens (tertiary/aromatic N) is 1. The number of aromatic nitrogens is 1. The van der Waals surface area contributed by atoms with Gasteiger partial charge in [0.25, 0.3) is 0 Å². The summed E-state index contributed by atoms with van der Waals surface area (Å²) in [4.78, 5) is 17.7. The Bertz CT molecular complexity index is 536. The van der Waals surface area contributed by atoms with Gasteiger partial charge in [0.05, 0.1) is 11.8 Å². The smallest absolute Gasteiger partial charge is 0.171 e. The van der Waals surface area contributed by atoms with Crippen LogP contribution in [0.3, 0.4) is 0 Å². The van der Waals surface area contributed by atoms with Gasteiger partial charge in [-0.1, -0.05) is 6.92 Å². The molecule has 0 amide bonds. The average molecular weight is 249 g/mol. The molecule has 0 aliphatic heterocycles. The molecule has 0 radical (unpaired) electrons. The molecule has 0 spiro atoms. The van der Waals surface area contributed by atoms with Crippen molar-refractivity contribution < 1.29 is 9.18 Å². The van der Waals surface area contributed by atoms with E-state index in [4.69, 9.17) is 0 Å². The molecule has 2 heterocycles. The lowest BCUT2D eigenvalue weighted by molar-refractivity contribution is 0.0990. The highest BCUT2D eigenvalue weighted by molar-refractivity contribution is 7.12. The Morgan fingerprint density at radius 2 is 2.12 bits per heavy atom. The van der Waals surface area contributed by atoms with E-state index in [1.165, 1.54) is 17.1 Å². The number of Topliss-reactive ketones (excluding diaryl/α,β-unsaturated/α-hetero) is 1. The first-order chi connectivity index (χ1) is 8.20. The highest BCUT2D eigenvalue weighted by Crippen LogP contribution is 2.19. The van der Waals surface area contributed by atoms with Gasteiger partial charge in [-0.15, -0.1) is 11.3 Å². The number of carbonyl (C=O) groups is 1. The number of aryl methyl sites for hydroxylation is 1. The molecule has 0 aliphatic carbocycles. The predicted molar refractivity (Wildman–Crippen MR) is 65.9 cm³/mol. The largest absolute Gasteiger partial charge is 0.294 e. The minimum atomic E-state index is -0.551. The first kappa shape index (κ1) is 11.9. The molecule has 0 saturated carbocycles. The zero-order valence-corrected chi connectivity index (χ0v) is 10.3. The van der Waals surface area contributed by atoms with Gasteiger partial charge < -0.3 is 0 Å². The van der Waals surface area contributed by atoms with Gasteiger partial charge in [-0.05, 0) is 24.6 Å². The van der Waals surface area contributed by atoms with Crippen molar-refractivity contribution in [1.29, 1.82) is 0 Å². The van der Waals surface area contributed by atoms with Gasteiger partial charge in [-0.2, -0.15) is 0 Å². The van der Waals surface area contributed by atoms with E-state index in [1.807, 2.05) is 12.1 Å². The molecule has 2 nitrogen and oxygen atoms in total. The number of ketones is 1. The Morgan fingerprint density at radius 3 is 2.76 bits per heavy atom. The lowest BCUT2D eigenvalue weighted by Crippen LogP contribution is -2.05. The summed E-state index contributed by atoms with van der Waals surface area (Å²) in [6, 6.07) is 5.36. The van der Waals surface area contributed by atoms with Crippen LogP contribution in [-0.4, -0.2) is 10.8 Å². The van der Waals surface area contributed by atoms with Gasteiger partial charge >= 0.3 is 0 Å². The van der Waals surface area contributed by atoms with E-state index in [2.05, 4.69) is 11.9 Å². The second-order valence-electron chi connectivity index (χ2n) is 3.68. The molecule has 0 unspecified atom stereocenters. The summed E-state index contributed by atoms with van der Waals surface area (Å²) in [6.07, 6.45) is 3.72. The number of carbonyl (C=O) groups excluding carboxylic acids is 1. The van der Waals surface area contributed by atoms with Crippen LogP contribution in [0.4, 0.5) is 4.39 Å². The maximum Gasteiger partial charge on any atom is 0.171 e. The van der Waals surface area contributed by atoms with Gasteiger partial charge in [0.2, 0.25) is 0 Å². The van der Waals surface area contributed by atoms with E-state index < -0.39 is 5.82 Å². The third-order valence-corrected chi connectivity index (χ3v) is 3.70. The van der Waals surface area contributed by atoms with E-state index >= 15 is 0 Å². The van der Waals surface area contributed by atoms with Crippen molar-refractivity contribution in [3.8, 4) is 0 Å². The fourth-order valence-corrected chi connectivity index (χ4v) is 2.52. The van der Waals surface area contributed by atoms with Crippen LogP contribution < -0.4 is 0 Å². The van der Waals surface area contributed by atoms with Crippen molar-refractivity contribution in [1.82, 2.24) is 4.98 Å². The van der Waals surface area contributed by atoms with Crippen LogP contribution in [-0.2, 0) is 12.8 Å². The van der Waals surface area contributed by atoms with Crippen LogP contribution in [0.1, 0.15) is 27.0 Å². The van der Waals surface area contributed by atoms with Crippen LogP contribution >= 0.6 is 11.3 Å². The lowest BCUT2D eigenvalue weighted by Gasteiger charge is -1.99. The minimum absolute atomic E-state index is 0.117. The first-order valence-corrected chi connectivity index (χ1v) is 6.22. The Kier molecular flexibility index (Phi) is 3.64. The van der Waals surface area contributed by atoms with E-state index in [0.717, 1.165) is 17.5 Å². The predicted octanol–water partition coefficient (Wildman–Crippen LogP) is 3.27. The molecule has 0 aromatic carbocycles. The van der Waals surface area contributed by atoms with Crippen LogP contribution in [0.15, 0.2) is 30.6 Å². The average Bonchev–Trinajstić information content (AvgIpc) is 2.77. The highest BCUT2D eigenvalue weighted by atomic mass is 32.1. The topological polar surface area (TPSA) is 30.0 Å². The number of halogens is 1. The van der Waals surface area contributed by atoms with Crippen molar-refractivity contribution in [3.63, 3.8) is 0 Å². The standard InChI is InChI=1S/C13H12FNOS/c1-2-9-3-4-10(17-9)7-13(16)11-5-6-15-8-12(11)14/h3-6,8H,2,7H2,1H3. The third-order valence-electron chi connectivity index (χ3n) is 2.47. The molecule has 0 N–H and O–H groups in total. The van der Waals surface area contributed by atoms with Crippen molar-refractivity contribution in [2.75, 3.05) is 0 Å². The van der Waals surface area contributed by atoms with E-state index in [9.17, 15) is 9.18 Å². The van der Waals surface area contributed by atoms with Crippen molar-refractivity contribution in [2.45, 2.75) is 19.8 Å². The summed E-state index contributed by atoms with van der Waals surface area (Å²) in [6.45, 7) is 2.07. The fraction of sp³-hybridized carbons (Fsp3) is 0.231. The molecule has 4 heteroatoms. The number of hydrogen-bond donors (Lipinski definition) is 0.